The number of esters is 1. The van der Waals surface area contributed by atoms with E-state index in [-0.39, 0.29) is 4.90 Å². The predicted molar refractivity (Wildman–Crippen MR) is 83.8 cm³/mol. The fraction of sp³-hybridized carbons (Fsp3) is 0.0625. The molecule has 0 saturated heterocycles. The van der Waals surface area contributed by atoms with Crippen LogP contribution in [0, 0.1) is 0 Å². The van der Waals surface area contributed by atoms with Crippen LogP contribution in [0.2, 0.25) is 0 Å². The van der Waals surface area contributed by atoms with Crippen LogP contribution in [-0.2, 0) is 19.4 Å². The van der Waals surface area contributed by atoms with Crippen molar-refractivity contribution in [2.75, 3.05) is 12.4 Å². The van der Waals surface area contributed by atoms with Crippen LogP contribution in [0.15, 0.2) is 76.7 Å². The minimum atomic E-state index is -3.96. The zero-order chi connectivity index (χ0) is 16.0. The standard InChI is InChI=1S/C16H15NO4S/c1-21-16(18)15(12-17-13-8-4-2-5-9-13)22(19,20)14-10-6-3-7-11-14/h2-12,17H,1H3/b15-12-. The maximum atomic E-state index is 12.5. The van der Waals surface area contributed by atoms with E-state index in [4.69, 9.17) is 0 Å². The molecular weight excluding hydrogens is 302 g/mol. The number of sulfone groups is 1. The van der Waals surface area contributed by atoms with E-state index < -0.39 is 20.7 Å². The summed E-state index contributed by atoms with van der Waals surface area (Å²) in [5.74, 6) is -0.924. The van der Waals surface area contributed by atoms with Crippen LogP contribution in [0.1, 0.15) is 0 Å². The maximum Gasteiger partial charge on any atom is 0.351 e. The summed E-state index contributed by atoms with van der Waals surface area (Å²) < 4.78 is 29.7. The number of carbonyl (C=O) groups excluding carboxylic acids is 1. The van der Waals surface area contributed by atoms with Crippen LogP contribution in [0.3, 0.4) is 0 Å². The Bertz CT molecular complexity index is 768. The Morgan fingerprint density at radius 2 is 1.55 bits per heavy atom. The van der Waals surface area contributed by atoms with Crippen molar-refractivity contribution in [3.8, 4) is 0 Å². The Hall–Kier alpha value is -2.60. The summed E-state index contributed by atoms with van der Waals surface area (Å²) in [6.45, 7) is 0. The molecule has 0 aliphatic rings. The first-order valence-corrected chi connectivity index (χ1v) is 7.94. The minimum Gasteiger partial charge on any atom is -0.465 e. The molecule has 0 saturated carbocycles. The SMILES string of the molecule is COC(=O)/C(=C/Nc1ccccc1)S(=O)(=O)c1ccccc1. The third kappa shape index (κ3) is 3.53. The Balaban J connectivity index is 2.41. The van der Waals surface area contributed by atoms with Crippen molar-refractivity contribution in [1.29, 1.82) is 0 Å². The largest absolute Gasteiger partial charge is 0.465 e. The molecule has 22 heavy (non-hydrogen) atoms. The number of hydrogen-bond acceptors (Lipinski definition) is 5. The zero-order valence-corrected chi connectivity index (χ0v) is 12.7. The van der Waals surface area contributed by atoms with E-state index in [1.807, 2.05) is 6.07 Å². The monoisotopic (exact) mass is 317 g/mol. The molecule has 0 aromatic heterocycles. The van der Waals surface area contributed by atoms with Gasteiger partial charge in [0.05, 0.1) is 12.0 Å². The number of carbonyl (C=O) groups is 1. The highest BCUT2D eigenvalue weighted by molar-refractivity contribution is 7.96. The normalized spacial score (nSPS) is 11.8. The van der Waals surface area contributed by atoms with E-state index >= 15 is 0 Å². The molecule has 0 bridgehead atoms. The number of methoxy groups -OCH3 is 1. The van der Waals surface area contributed by atoms with E-state index in [1.54, 1.807) is 42.5 Å². The molecule has 0 atom stereocenters. The van der Waals surface area contributed by atoms with Gasteiger partial charge in [0.1, 0.15) is 0 Å². The summed E-state index contributed by atoms with van der Waals surface area (Å²) in [5.41, 5.74) is 0.659. The lowest BCUT2D eigenvalue weighted by atomic mass is 10.3. The molecule has 0 fully saturated rings. The molecule has 2 rings (SSSR count). The van der Waals surface area contributed by atoms with Gasteiger partial charge in [0.2, 0.25) is 9.84 Å². The third-order valence-electron chi connectivity index (χ3n) is 2.87. The van der Waals surface area contributed by atoms with Gasteiger partial charge in [0.15, 0.2) is 4.91 Å². The van der Waals surface area contributed by atoms with E-state index in [9.17, 15) is 13.2 Å². The lowest BCUT2D eigenvalue weighted by Crippen LogP contribution is -2.16. The van der Waals surface area contributed by atoms with Gasteiger partial charge in [0, 0.05) is 11.9 Å². The van der Waals surface area contributed by atoms with Gasteiger partial charge in [-0.3, -0.25) is 0 Å². The molecule has 0 amide bonds. The Labute approximate surface area is 129 Å². The number of hydrogen-bond donors (Lipinski definition) is 1. The summed E-state index contributed by atoms with van der Waals surface area (Å²) in [6.07, 6.45) is 1.14. The maximum absolute atomic E-state index is 12.5. The highest BCUT2D eigenvalue weighted by Crippen LogP contribution is 2.20. The second-order valence-corrected chi connectivity index (χ2v) is 6.25. The van der Waals surface area contributed by atoms with Gasteiger partial charge in [-0.15, -0.1) is 0 Å². The number of anilines is 1. The van der Waals surface area contributed by atoms with Crippen molar-refractivity contribution in [1.82, 2.24) is 0 Å². The van der Waals surface area contributed by atoms with Gasteiger partial charge in [-0.1, -0.05) is 36.4 Å². The molecule has 0 aliphatic carbocycles. The molecule has 1 N–H and O–H groups in total. The van der Waals surface area contributed by atoms with Crippen LogP contribution in [-0.4, -0.2) is 21.5 Å². The minimum absolute atomic E-state index is 0.0292. The van der Waals surface area contributed by atoms with Gasteiger partial charge < -0.3 is 10.1 Å². The molecule has 0 unspecified atom stereocenters. The molecule has 2 aromatic carbocycles. The summed E-state index contributed by atoms with van der Waals surface area (Å²) in [5, 5.41) is 2.79. The predicted octanol–water partition coefficient (Wildman–Crippen LogP) is 2.59. The number of para-hydroxylation sites is 1. The fourth-order valence-electron chi connectivity index (χ4n) is 1.76. The van der Waals surface area contributed by atoms with Crippen molar-refractivity contribution >= 4 is 21.5 Å². The molecule has 5 nitrogen and oxygen atoms in total. The third-order valence-corrected chi connectivity index (χ3v) is 4.63. The Kier molecular flexibility index (Phi) is 4.95. The average molecular weight is 317 g/mol. The first-order chi connectivity index (χ1) is 10.6. The topological polar surface area (TPSA) is 72.5 Å². The Morgan fingerprint density at radius 3 is 2.09 bits per heavy atom. The highest BCUT2D eigenvalue weighted by Gasteiger charge is 2.27. The smallest absolute Gasteiger partial charge is 0.351 e. The highest BCUT2D eigenvalue weighted by atomic mass is 32.2. The molecule has 0 heterocycles. The molecule has 0 radical (unpaired) electrons. The van der Waals surface area contributed by atoms with Crippen molar-refractivity contribution in [2.45, 2.75) is 4.90 Å². The van der Waals surface area contributed by atoms with E-state index in [1.165, 1.54) is 12.1 Å². The van der Waals surface area contributed by atoms with Crippen LogP contribution in [0.5, 0.6) is 0 Å². The molecule has 0 aliphatic heterocycles. The number of ether oxygens (including phenoxy) is 1. The number of rotatable bonds is 5. The molecule has 6 heteroatoms. The van der Waals surface area contributed by atoms with Crippen LogP contribution in [0.25, 0.3) is 0 Å². The van der Waals surface area contributed by atoms with Gasteiger partial charge in [-0.05, 0) is 24.3 Å². The van der Waals surface area contributed by atoms with Gasteiger partial charge >= 0.3 is 5.97 Å². The quantitative estimate of drug-likeness (QED) is 0.678. The van der Waals surface area contributed by atoms with Gasteiger partial charge in [-0.2, -0.15) is 0 Å². The Morgan fingerprint density at radius 1 is 1.00 bits per heavy atom. The second kappa shape index (κ2) is 6.91. The summed E-state index contributed by atoms with van der Waals surface area (Å²) >= 11 is 0. The van der Waals surface area contributed by atoms with Gasteiger partial charge in [-0.25, -0.2) is 13.2 Å². The zero-order valence-electron chi connectivity index (χ0n) is 11.9. The first-order valence-electron chi connectivity index (χ1n) is 6.46. The summed E-state index contributed by atoms with van der Waals surface area (Å²) in [7, 11) is -2.82. The lowest BCUT2D eigenvalue weighted by molar-refractivity contribution is -0.135. The average Bonchev–Trinajstić information content (AvgIpc) is 2.56. The fourth-order valence-corrected chi connectivity index (χ4v) is 3.04. The van der Waals surface area contributed by atoms with Crippen LogP contribution < -0.4 is 5.32 Å². The molecule has 2 aromatic rings. The van der Waals surface area contributed by atoms with Gasteiger partial charge in [0.25, 0.3) is 0 Å². The van der Waals surface area contributed by atoms with Crippen LogP contribution >= 0.6 is 0 Å². The number of benzene rings is 2. The van der Waals surface area contributed by atoms with Crippen LogP contribution in [0.4, 0.5) is 5.69 Å². The summed E-state index contributed by atoms with van der Waals surface area (Å²) in [4.78, 5) is 11.4. The number of nitrogens with one attached hydrogen (secondary N) is 1. The lowest BCUT2D eigenvalue weighted by Gasteiger charge is -2.08. The second-order valence-electron chi connectivity index (χ2n) is 4.33. The van der Waals surface area contributed by atoms with Crippen molar-refractivity contribution in [2.24, 2.45) is 0 Å². The van der Waals surface area contributed by atoms with Crippen molar-refractivity contribution < 1.29 is 17.9 Å². The molecular formula is C16H15NO4S. The van der Waals surface area contributed by atoms with E-state index in [0.717, 1.165) is 13.3 Å². The first kappa shape index (κ1) is 15.8. The van der Waals surface area contributed by atoms with Crippen molar-refractivity contribution in [3.63, 3.8) is 0 Å². The molecule has 114 valence electrons. The molecule has 0 spiro atoms. The van der Waals surface area contributed by atoms with E-state index in [0.29, 0.717) is 5.69 Å². The van der Waals surface area contributed by atoms with E-state index in [2.05, 4.69) is 10.1 Å². The summed E-state index contributed by atoms with van der Waals surface area (Å²) in [6, 6.07) is 16.6. The van der Waals surface area contributed by atoms with Crippen molar-refractivity contribution in [3.05, 3.63) is 71.8 Å².